The van der Waals surface area contributed by atoms with Crippen molar-refractivity contribution >= 4 is 0 Å². The van der Waals surface area contributed by atoms with Gasteiger partial charge in [-0.1, -0.05) is 66.2 Å². The van der Waals surface area contributed by atoms with Gasteiger partial charge in [-0.25, -0.2) is 0 Å². The van der Waals surface area contributed by atoms with Gasteiger partial charge < -0.3 is 9.84 Å². The first kappa shape index (κ1) is 20.9. The molecule has 0 bridgehead atoms. The highest BCUT2D eigenvalue weighted by Gasteiger charge is 2.38. The highest BCUT2D eigenvalue weighted by atomic mass is 16.5. The van der Waals surface area contributed by atoms with Gasteiger partial charge in [0.15, 0.2) is 0 Å². The second-order valence-corrected chi connectivity index (χ2v) is 8.24. The van der Waals surface area contributed by atoms with Crippen molar-refractivity contribution in [3.05, 3.63) is 0 Å². The summed E-state index contributed by atoms with van der Waals surface area (Å²) in [5, 5.41) is 9.47. The molecule has 0 heterocycles. The Balaban J connectivity index is 4.38. The van der Waals surface area contributed by atoms with Gasteiger partial charge in [0.05, 0.1) is 18.3 Å². The highest BCUT2D eigenvalue weighted by Crippen LogP contribution is 2.40. The van der Waals surface area contributed by atoms with Crippen LogP contribution in [0.3, 0.4) is 0 Å². The zero-order valence-corrected chi connectivity index (χ0v) is 15.7. The van der Waals surface area contributed by atoms with E-state index in [0.717, 1.165) is 0 Å². The maximum absolute atomic E-state index is 9.47. The molecule has 0 spiro atoms. The summed E-state index contributed by atoms with van der Waals surface area (Å²) in [5.41, 5.74) is 0.0459. The monoisotopic (exact) mass is 300 g/mol. The molecule has 0 rings (SSSR count). The SMILES string of the molecule is CCCCCCCCC(C(C)(C)C)C(C)(C)OCC(C)O. The van der Waals surface area contributed by atoms with E-state index in [0.29, 0.717) is 12.5 Å². The molecule has 0 aromatic carbocycles. The minimum atomic E-state index is -0.390. The Morgan fingerprint density at radius 1 is 0.905 bits per heavy atom. The Kier molecular flexibility index (Phi) is 9.80. The van der Waals surface area contributed by atoms with Gasteiger partial charge in [0, 0.05) is 0 Å². The van der Waals surface area contributed by atoms with E-state index in [1.165, 1.54) is 44.9 Å². The van der Waals surface area contributed by atoms with Gasteiger partial charge in [0.1, 0.15) is 0 Å². The minimum Gasteiger partial charge on any atom is -0.391 e. The Labute approximate surface area is 133 Å². The molecule has 0 saturated heterocycles. The molecule has 0 aliphatic rings. The third-order valence-corrected chi connectivity index (χ3v) is 4.43. The molecule has 0 radical (unpaired) electrons. The highest BCUT2D eigenvalue weighted by molar-refractivity contribution is 4.88. The standard InChI is InChI=1S/C19H40O2/c1-8-9-10-11-12-13-14-17(18(3,4)5)19(6,7)21-15-16(2)20/h16-17,20H,8-15H2,1-7H3. The third kappa shape index (κ3) is 9.52. The van der Waals surface area contributed by atoms with E-state index in [1.807, 2.05) is 0 Å². The molecular formula is C19H40O2. The van der Waals surface area contributed by atoms with Crippen molar-refractivity contribution in [2.24, 2.45) is 11.3 Å². The average Bonchev–Trinajstić information content (AvgIpc) is 2.33. The summed E-state index contributed by atoms with van der Waals surface area (Å²) < 4.78 is 6.03. The lowest BCUT2D eigenvalue weighted by Gasteiger charge is -2.43. The predicted molar refractivity (Wildman–Crippen MR) is 92.6 cm³/mol. The van der Waals surface area contributed by atoms with Gasteiger partial charge in [-0.15, -0.1) is 0 Å². The van der Waals surface area contributed by atoms with E-state index >= 15 is 0 Å². The van der Waals surface area contributed by atoms with Crippen LogP contribution in [0.5, 0.6) is 0 Å². The van der Waals surface area contributed by atoms with Crippen molar-refractivity contribution in [1.29, 1.82) is 0 Å². The summed E-state index contributed by atoms with van der Waals surface area (Å²) in [4.78, 5) is 0. The van der Waals surface area contributed by atoms with E-state index in [4.69, 9.17) is 4.74 Å². The van der Waals surface area contributed by atoms with Gasteiger partial charge in [0.2, 0.25) is 0 Å². The van der Waals surface area contributed by atoms with Crippen molar-refractivity contribution in [3.8, 4) is 0 Å². The fourth-order valence-corrected chi connectivity index (χ4v) is 3.39. The summed E-state index contributed by atoms with van der Waals surface area (Å²) in [6, 6.07) is 0. The molecule has 0 aliphatic carbocycles. The molecule has 2 nitrogen and oxygen atoms in total. The normalized spacial score (nSPS) is 16.0. The Morgan fingerprint density at radius 3 is 1.90 bits per heavy atom. The van der Waals surface area contributed by atoms with Crippen molar-refractivity contribution in [2.45, 2.75) is 105 Å². The minimum absolute atomic E-state index is 0.182. The second-order valence-electron chi connectivity index (χ2n) is 8.24. The lowest BCUT2D eigenvalue weighted by molar-refractivity contribution is -0.115. The number of hydrogen-bond donors (Lipinski definition) is 1. The molecule has 2 unspecified atom stereocenters. The van der Waals surface area contributed by atoms with Crippen LogP contribution in [0.2, 0.25) is 0 Å². The zero-order valence-electron chi connectivity index (χ0n) is 15.7. The topological polar surface area (TPSA) is 29.5 Å². The number of aliphatic hydroxyl groups is 1. The summed E-state index contributed by atoms with van der Waals surface area (Å²) in [6.07, 6.45) is 8.85. The van der Waals surface area contributed by atoms with E-state index in [1.54, 1.807) is 6.92 Å². The van der Waals surface area contributed by atoms with E-state index < -0.39 is 0 Å². The number of aliphatic hydroxyl groups excluding tert-OH is 1. The van der Waals surface area contributed by atoms with E-state index in [-0.39, 0.29) is 17.1 Å². The largest absolute Gasteiger partial charge is 0.391 e. The van der Waals surface area contributed by atoms with E-state index in [2.05, 4.69) is 41.5 Å². The van der Waals surface area contributed by atoms with E-state index in [9.17, 15) is 5.11 Å². The van der Waals surface area contributed by atoms with Gasteiger partial charge in [0.25, 0.3) is 0 Å². The molecule has 2 heteroatoms. The van der Waals surface area contributed by atoms with Crippen LogP contribution in [-0.2, 0) is 4.74 Å². The van der Waals surface area contributed by atoms with Crippen LogP contribution in [0, 0.1) is 11.3 Å². The van der Waals surface area contributed by atoms with Crippen molar-refractivity contribution in [3.63, 3.8) is 0 Å². The van der Waals surface area contributed by atoms with Crippen LogP contribution >= 0.6 is 0 Å². The summed E-state index contributed by atoms with van der Waals surface area (Å²) in [6.45, 7) is 15.8. The smallest absolute Gasteiger partial charge is 0.0745 e. The first-order valence-electron chi connectivity index (χ1n) is 8.93. The van der Waals surface area contributed by atoms with Gasteiger partial charge in [-0.05, 0) is 38.5 Å². The molecule has 0 aromatic heterocycles. The van der Waals surface area contributed by atoms with Gasteiger partial charge in [-0.3, -0.25) is 0 Å². The molecule has 21 heavy (non-hydrogen) atoms. The van der Waals surface area contributed by atoms with Crippen molar-refractivity contribution in [1.82, 2.24) is 0 Å². The van der Waals surface area contributed by atoms with Gasteiger partial charge in [-0.2, -0.15) is 0 Å². The summed E-state index contributed by atoms with van der Waals surface area (Å²) in [5.74, 6) is 0.509. The molecular weight excluding hydrogens is 260 g/mol. The second kappa shape index (κ2) is 9.84. The van der Waals surface area contributed by atoms with Crippen LogP contribution in [0.1, 0.15) is 93.4 Å². The molecule has 128 valence electrons. The molecule has 0 aromatic rings. The first-order chi connectivity index (χ1) is 9.61. The lowest BCUT2D eigenvalue weighted by atomic mass is 9.69. The molecule has 0 amide bonds. The number of rotatable bonds is 11. The molecule has 1 N–H and O–H groups in total. The quantitative estimate of drug-likeness (QED) is 0.505. The summed E-state index contributed by atoms with van der Waals surface area (Å²) >= 11 is 0. The predicted octanol–water partition coefficient (Wildman–Crippen LogP) is 5.58. The molecule has 0 aliphatic heterocycles. The summed E-state index contributed by atoms with van der Waals surface area (Å²) in [7, 11) is 0. The molecule has 2 atom stereocenters. The van der Waals surface area contributed by atoms with Crippen LogP contribution < -0.4 is 0 Å². The van der Waals surface area contributed by atoms with Crippen LogP contribution in [-0.4, -0.2) is 23.4 Å². The zero-order chi connectivity index (χ0) is 16.5. The average molecular weight is 301 g/mol. The number of hydrogen-bond acceptors (Lipinski definition) is 2. The van der Waals surface area contributed by atoms with Crippen LogP contribution in [0.25, 0.3) is 0 Å². The molecule has 0 saturated carbocycles. The maximum Gasteiger partial charge on any atom is 0.0745 e. The number of ether oxygens (including phenoxy) is 1. The Hall–Kier alpha value is -0.0800. The lowest BCUT2D eigenvalue weighted by Crippen LogP contribution is -2.43. The first-order valence-corrected chi connectivity index (χ1v) is 8.93. The fraction of sp³-hybridized carbons (Fsp3) is 1.00. The van der Waals surface area contributed by atoms with Crippen LogP contribution in [0.15, 0.2) is 0 Å². The van der Waals surface area contributed by atoms with Crippen molar-refractivity contribution in [2.75, 3.05) is 6.61 Å². The maximum atomic E-state index is 9.47. The molecule has 0 fully saturated rings. The van der Waals surface area contributed by atoms with Crippen LogP contribution in [0.4, 0.5) is 0 Å². The van der Waals surface area contributed by atoms with Gasteiger partial charge >= 0.3 is 0 Å². The Morgan fingerprint density at radius 2 is 1.43 bits per heavy atom. The fourth-order valence-electron chi connectivity index (χ4n) is 3.39. The Bertz CT molecular complexity index is 251. The third-order valence-electron chi connectivity index (χ3n) is 4.43. The number of unbranched alkanes of at least 4 members (excludes halogenated alkanes) is 5. The van der Waals surface area contributed by atoms with Crippen molar-refractivity contribution < 1.29 is 9.84 Å².